The lowest BCUT2D eigenvalue weighted by Crippen LogP contribution is -2.39. The molecule has 0 aromatic heterocycles. The largest absolute Gasteiger partial charge is 0.345 e. The SMILES string of the molecule is Cc1ccc(NC(=O)CC2CSCCN2)cc1C(=O)N(C)C.Cl. The Labute approximate surface area is 148 Å². The molecule has 5 nitrogen and oxygen atoms in total. The zero-order chi connectivity index (χ0) is 16.1. The van der Waals surface area contributed by atoms with E-state index in [0.717, 1.165) is 23.6 Å². The van der Waals surface area contributed by atoms with Crippen molar-refractivity contribution in [1.82, 2.24) is 10.2 Å². The van der Waals surface area contributed by atoms with Gasteiger partial charge in [0.2, 0.25) is 5.91 Å². The average molecular weight is 358 g/mol. The van der Waals surface area contributed by atoms with Crippen LogP contribution in [0.2, 0.25) is 0 Å². The smallest absolute Gasteiger partial charge is 0.253 e. The van der Waals surface area contributed by atoms with Crippen LogP contribution in [0.4, 0.5) is 5.69 Å². The van der Waals surface area contributed by atoms with E-state index < -0.39 is 0 Å². The third-order valence-electron chi connectivity index (χ3n) is 3.59. The molecule has 1 aromatic carbocycles. The predicted octanol–water partition coefficient (Wildman–Crippen LogP) is 2.15. The van der Waals surface area contributed by atoms with E-state index in [-0.39, 0.29) is 30.3 Å². The van der Waals surface area contributed by atoms with Gasteiger partial charge in [-0.2, -0.15) is 11.8 Å². The third kappa shape index (κ3) is 5.71. The first-order valence-corrected chi connectivity index (χ1v) is 8.56. The molecule has 23 heavy (non-hydrogen) atoms. The number of carbonyl (C=O) groups excluding carboxylic acids is 2. The van der Waals surface area contributed by atoms with Gasteiger partial charge in [0.1, 0.15) is 0 Å². The lowest BCUT2D eigenvalue weighted by atomic mass is 10.1. The Balaban J connectivity index is 0.00000264. The van der Waals surface area contributed by atoms with E-state index in [1.54, 1.807) is 20.2 Å². The molecule has 0 bridgehead atoms. The number of rotatable bonds is 4. The Hall–Kier alpha value is -1.24. The zero-order valence-electron chi connectivity index (χ0n) is 13.7. The zero-order valence-corrected chi connectivity index (χ0v) is 15.4. The summed E-state index contributed by atoms with van der Waals surface area (Å²) in [6, 6.07) is 5.68. The van der Waals surface area contributed by atoms with E-state index in [9.17, 15) is 9.59 Å². The molecule has 0 saturated carbocycles. The Morgan fingerprint density at radius 1 is 1.39 bits per heavy atom. The van der Waals surface area contributed by atoms with E-state index in [1.807, 2.05) is 30.8 Å². The number of nitrogens with one attached hydrogen (secondary N) is 2. The summed E-state index contributed by atoms with van der Waals surface area (Å²) in [6.45, 7) is 2.85. The summed E-state index contributed by atoms with van der Waals surface area (Å²) in [7, 11) is 3.44. The normalized spacial score (nSPS) is 17.1. The molecule has 0 spiro atoms. The van der Waals surface area contributed by atoms with Crippen molar-refractivity contribution in [2.75, 3.05) is 37.5 Å². The number of hydrogen-bond acceptors (Lipinski definition) is 4. The second-order valence-electron chi connectivity index (χ2n) is 5.71. The van der Waals surface area contributed by atoms with Gasteiger partial charge in [0, 0.05) is 55.9 Å². The molecule has 1 aliphatic heterocycles. The van der Waals surface area contributed by atoms with Gasteiger partial charge in [-0.25, -0.2) is 0 Å². The Morgan fingerprint density at radius 3 is 2.74 bits per heavy atom. The fourth-order valence-corrected chi connectivity index (χ4v) is 3.31. The van der Waals surface area contributed by atoms with Crippen molar-refractivity contribution in [3.8, 4) is 0 Å². The van der Waals surface area contributed by atoms with Crippen LogP contribution in [0, 0.1) is 6.92 Å². The van der Waals surface area contributed by atoms with Crippen LogP contribution in [0.1, 0.15) is 22.3 Å². The standard InChI is InChI=1S/C16H23N3O2S.ClH/c1-11-4-5-12(8-14(11)16(21)19(2)3)18-15(20)9-13-10-22-7-6-17-13;/h4-5,8,13,17H,6-7,9-10H2,1-3H3,(H,18,20);1H. The fraction of sp³-hybridized carbons (Fsp3) is 0.500. The van der Waals surface area contributed by atoms with Crippen LogP contribution in [0.25, 0.3) is 0 Å². The molecule has 2 N–H and O–H groups in total. The highest BCUT2D eigenvalue weighted by molar-refractivity contribution is 7.99. The van der Waals surface area contributed by atoms with E-state index in [4.69, 9.17) is 0 Å². The highest BCUT2D eigenvalue weighted by Gasteiger charge is 2.17. The topological polar surface area (TPSA) is 61.4 Å². The van der Waals surface area contributed by atoms with Crippen LogP contribution in [0.15, 0.2) is 18.2 Å². The van der Waals surface area contributed by atoms with Crippen LogP contribution in [-0.4, -0.2) is 54.9 Å². The van der Waals surface area contributed by atoms with E-state index in [1.165, 1.54) is 4.90 Å². The number of benzene rings is 1. The number of anilines is 1. The van der Waals surface area contributed by atoms with Crippen molar-refractivity contribution in [3.63, 3.8) is 0 Å². The summed E-state index contributed by atoms with van der Waals surface area (Å²) in [5.41, 5.74) is 2.19. The maximum Gasteiger partial charge on any atom is 0.253 e. The number of nitrogens with zero attached hydrogens (tertiary/aromatic N) is 1. The van der Waals surface area contributed by atoms with Gasteiger partial charge in [-0.3, -0.25) is 9.59 Å². The number of carbonyl (C=O) groups is 2. The lowest BCUT2D eigenvalue weighted by Gasteiger charge is -2.22. The summed E-state index contributed by atoms with van der Waals surface area (Å²) in [5, 5.41) is 6.24. The summed E-state index contributed by atoms with van der Waals surface area (Å²) in [6.07, 6.45) is 0.456. The fourth-order valence-electron chi connectivity index (χ4n) is 2.36. The maximum absolute atomic E-state index is 12.1. The molecule has 0 aliphatic carbocycles. The Kier molecular flexibility index (Phi) is 7.88. The first-order chi connectivity index (χ1) is 10.5. The van der Waals surface area contributed by atoms with Crippen LogP contribution in [0.3, 0.4) is 0 Å². The number of hydrogen-bond donors (Lipinski definition) is 2. The van der Waals surface area contributed by atoms with Gasteiger partial charge in [-0.1, -0.05) is 6.07 Å². The van der Waals surface area contributed by atoms with Crippen molar-refractivity contribution in [3.05, 3.63) is 29.3 Å². The quantitative estimate of drug-likeness (QED) is 0.866. The first-order valence-electron chi connectivity index (χ1n) is 7.40. The number of amides is 2. The molecule has 1 heterocycles. The minimum Gasteiger partial charge on any atom is -0.345 e. The molecule has 1 saturated heterocycles. The minimum absolute atomic E-state index is 0. The molecule has 1 aromatic rings. The predicted molar refractivity (Wildman–Crippen MR) is 98.8 cm³/mol. The van der Waals surface area contributed by atoms with Crippen molar-refractivity contribution in [1.29, 1.82) is 0 Å². The molecule has 1 fully saturated rings. The molecule has 7 heteroatoms. The molecule has 1 aliphatic rings. The molecule has 0 radical (unpaired) electrons. The molecule has 1 unspecified atom stereocenters. The van der Waals surface area contributed by atoms with Crippen LogP contribution in [0.5, 0.6) is 0 Å². The van der Waals surface area contributed by atoms with Crippen LogP contribution >= 0.6 is 24.2 Å². The lowest BCUT2D eigenvalue weighted by molar-refractivity contribution is -0.116. The molecule has 2 rings (SSSR count). The summed E-state index contributed by atoms with van der Waals surface area (Å²) < 4.78 is 0. The van der Waals surface area contributed by atoms with Crippen molar-refractivity contribution in [2.45, 2.75) is 19.4 Å². The van der Waals surface area contributed by atoms with Gasteiger partial charge in [0.15, 0.2) is 0 Å². The molecular formula is C16H24ClN3O2S. The van der Waals surface area contributed by atoms with Gasteiger partial charge < -0.3 is 15.5 Å². The van der Waals surface area contributed by atoms with Gasteiger partial charge in [0.25, 0.3) is 5.91 Å². The second-order valence-corrected chi connectivity index (χ2v) is 6.86. The van der Waals surface area contributed by atoms with Crippen molar-refractivity contribution in [2.24, 2.45) is 0 Å². The van der Waals surface area contributed by atoms with E-state index in [0.29, 0.717) is 17.7 Å². The van der Waals surface area contributed by atoms with Crippen molar-refractivity contribution < 1.29 is 9.59 Å². The number of thioether (sulfide) groups is 1. The Morgan fingerprint density at radius 2 is 2.13 bits per heavy atom. The second kappa shape index (κ2) is 9.15. The van der Waals surface area contributed by atoms with Gasteiger partial charge in [0.05, 0.1) is 0 Å². The summed E-state index contributed by atoms with van der Waals surface area (Å²) in [5.74, 6) is 1.99. The average Bonchev–Trinajstić information content (AvgIpc) is 2.49. The van der Waals surface area contributed by atoms with Gasteiger partial charge in [-0.15, -0.1) is 12.4 Å². The minimum atomic E-state index is -0.0565. The summed E-state index contributed by atoms with van der Waals surface area (Å²) >= 11 is 1.87. The van der Waals surface area contributed by atoms with Crippen LogP contribution < -0.4 is 10.6 Å². The molecule has 128 valence electrons. The van der Waals surface area contributed by atoms with E-state index >= 15 is 0 Å². The van der Waals surface area contributed by atoms with Gasteiger partial charge >= 0.3 is 0 Å². The highest BCUT2D eigenvalue weighted by Crippen LogP contribution is 2.18. The molecule has 1 atom stereocenters. The van der Waals surface area contributed by atoms with Crippen LogP contribution in [-0.2, 0) is 4.79 Å². The van der Waals surface area contributed by atoms with E-state index in [2.05, 4.69) is 10.6 Å². The monoisotopic (exact) mass is 357 g/mol. The molecule has 2 amide bonds. The van der Waals surface area contributed by atoms with Crippen molar-refractivity contribution >= 4 is 41.7 Å². The number of aryl methyl sites for hydroxylation is 1. The summed E-state index contributed by atoms with van der Waals surface area (Å²) in [4.78, 5) is 25.8. The highest BCUT2D eigenvalue weighted by atomic mass is 35.5. The Bertz CT molecular complexity index is 560. The maximum atomic E-state index is 12.1. The third-order valence-corrected chi connectivity index (χ3v) is 4.72. The number of halogens is 1. The first kappa shape index (κ1) is 19.8. The van der Waals surface area contributed by atoms with Gasteiger partial charge in [-0.05, 0) is 24.6 Å². The molecular weight excluding hydrogens is 334 g/mol.